The Morgan fingerprint density at radius 1 is 0.657 bits per heavy atom. The molecule has 1 heterocycles. The molecule has 35 heavy (non-hydrogen) atoms. The Kier molecular flexibility index (Phi) is 4.37. The van der Waals surface area contributed by atoms with Gasteiger partial charge in [0.1, 0.15) is 0 Å². The van der Waals surface area contributed by atoms with E-state index in [2.05, 4.69) is 133 Å². The zero-order valence-electron chi connectivity index (χ0n) is 19.9. The lowest BCUT2D eigenvalue weighted by Gasteiger charge is -2.16. The Balaban J connectivity index is 1.34. The van der Waals surface area contributed by atoms with E-state index in [9.17, 15) is 0 Å². The van der Waals surface area contributed by atoms with Gasteiger partial charge in [-0.3, -0.25) is 0 Å². The van der Waals surface area contributed by atoms with Crippen LogP contribution in [0, 0.1) is 6.92 Å². The summed E-state index contributed by atoms with van der Waals surface area (Å²) in [5.41, 5.74) is 12.9. The first-order valence-electron chi connectivity index (χ1n) is 12.3. The molecule has 0 saturated heterocycles. The van der Waals surface area contributed by atoms with Gasteiger partial charge in [-0.05, 0) is 77.2 Å². The highest BCUT2D eigenvalue weighted by atomic mass is 15.0. The quantitative estimate of drug-likeness (QED) is 0.285. The molecule has 2 nitrogen and oxygen atoms in total. The summed E-state index contributed by atoms with van der Waals surface area (Å²) in [5, 5.41) is 6.27. The third kappa shape index (κ3) is 2.96. The molecule has 168 valence electrons. The molecule has 7 rings (SSSR count). The van der Waals surface area contributed by atoms with E-state index in [0.717, 1.165) is 5.69 Å². The van der Waals surface area contributed by atoms with Gasteiger partial charge in [0.05, 0.1) is 11.0 Å². The Morgan fingerprint density at radius 3 is 2.29 bits per heavy atom. The number of hydrogen-bond donors (Lipinski definition) is 1. The lowest BCUT2D eigenvalue weighted by Crippen LogP contribution is -1.99. The molecular weight excluding hydrogens is 424 g/mol. The van der Waals surface area contributed by atoms with Crippen LogP contribution in [0.5, 0.6) is 0 Å². The van der Waals surface area contributed by atoms with Gasteiger partial charge in [-0.2, -0.15) is 0 Å². The van der Waals surface area contributed by atoms with Gasteiger partial charge in [-0.1, -0.05) is 73.7 Å². The highest BCUT2D eigenvalue weighted by Gasteiger charge is 2.27. The molecule has 0 radical (unpaired) electrons. The highest BCUT2D eigenvalue weighted by molar-refractivity contribution is 6.10. The summed E-state index contributed by atoms with van der Waals surface area (Å²) in [5.74, 6) is 0.411. The lowest BCUT2D eigenvalue weighted by molar-refractivity contribution is 0.945. The molecule has 1 aliphatic rings. The van der Waals surface area contributed by atoms with Gasteiger partial charge in [0.2, 0.25) is 0 Å². The maximum Gasteiger partial charge on any atom is 0.0542 e. The molecule has 1 atom stereocenters. The molecule has 0 bridgehead atoms. The minimum Gasteiger partial charge on any atom is -0.355 e. The molecule has 0 amide bonds. The number of fused-ring (bicyclic) bond motifs is 6. The molecule has 1 aliphatic carbocycles. The Morgan fingerprint density at radius 2 is 1.40 bits per heavy atom. The molecule has 1 unspecified atom stereocenters. The first-order valence-corrected chi connectivity index (χ1v) is 12.3. The van der Waals surface area contributed by atoms with E-state index in [0.29, 0.717) is 5.92 Å². The average molecular weight is 451 g/mol. The molecule has 6 aromatic rings. The number of anilines is 2. The van der Waals surface area contributed by atoms with Crippen LogP contribution < -0.4 is 5.32 Å². The van der Waals surface area contributed by atoms with Crippen molar-refractivity contribution >= 4 is 33.2 Å². The van der Waals surface area contributed by atoms with Crippen molar-refractivity contribution in [3.63, 3.8) is 0 Å². The minimum atomic E-state index is 0.411. The second-order valence-corrected chi connectivity index (χ2v) is 9.55. The van der Waals surface area contributed by atoms with Gasteiger partial charge < -0.3 is 9.88 Å². The van der Waals surface area contributed by atoms with Crippen LogP contribution in [0.1, 0.15) is 29.5 Å². The van der Waals surface area contributed by atoms with E-state index >= 15 is 0 Å². The summed E-state index contributed by atoms with van der Waals surface area (Å²) >= 11 is 0. The van der Waals surface area contributed by atoms with Crippen molar-refractivity contribution in [1.29, 1.82) is 0 Å². The van der Waals surface area contributed by atoms with Crippen LogP contribution in [0.25, 0.3) is 38.6 Å². The van der Waals surface area contributed by atoms with Crippen LogP contribution >= 0.6 is 0 Å². The number of nitrogens with zero attached hydrogens (tertiary/aromatic N) is 1. The summed E-state index contributed by atoms with van der Waals surface area (Å²) in [4.78, 5) is 0. The van der Waals surface area contributed by atoms with Crippen molar-refractivity contribution in [3.05, 3.63) is 126 Å². The van der Waals surface area contributed by atoms with Crippen molar-refractivity contribution in [2.45, 2.75) is 19.8 Å². The van der Waals surface area contributed by atoms with Crippen LogP contribution in [-0.4, -0.2) is 4.57 Å². The number of hydrogen-bond acceptors (Lipinski definition) is 1. The van der Waals surface area contributed by atoms with E-state index in [1.807, 2.05) is 0 Å². The number of nitrogens with one attached hydrogen (secondary N) is 1. The van der Waals surface area contributed by atoms with Gasteiger partial charge in [-0.15, -0.1) is 0 Å². The zero-order valence-corrected chi connectivity index (χ0v) is 19.9. The first-order chi connectivity index (χ1) is 17.2. The van der Waals surface area contributed by atoms with Gasteiger partial charge >= 0.3 is 0 Å². The van der Waals surface area contributed by atoms with Gasteiger partial charge in [-0.25, -0.2) is 0 Å². The molecule has 5 aromatic carbocycles. The van der Waals surface area contributed by atoms with E-state index in [4.69, 9.17) is 0 Å². The molecule has 1 N–H and O–H groups in total. The second kappa shape index (κ2) is 7.61. The smallest absolute Gasteiger partial charge is 0.0542 e. The molecular formula is C33H26N2. The van der Waals surface area contributed by atoms with Crippen molar-refractivity contribution < 1.29 is 0 Å². The fourth-order valence-electron chi connectivity index (χ4n) is 5.99. The van der Waals surface area contributed by atoms with Crippen LogP contribution in [-0.2, 0) is 0 Å². The summed E-state index contributed by atoms with van der Waals surface area (Å²) in [6.07, 6.45) is 0. The first kappa shape index (κ1) is 20.1. The highest BCUT2D eigenvalue weighted by Crippen LogP contribution is 2.47. The summed E-state index contributed by atoms with van der Waals surface area (Å²) < 4.78 is 2.36. The van der Waals surface area contributed by atoms with Crippen molar-refractivity contribution in [3.8, 4) is 16.8 Å². The summed E-state index contributed by atoms with van der Waals surface area (Å²) in [7, 11) is 0. The number of para-hydroxylation sites is 2. The monoisotopic (exact) mass is 450 g/mol. The predicted molar refractivity (Wildman–Crippen MR) is 148 cm³/mol. The van der Waals surface area contributed by atoms with Crippen LogP contribution in [0.4, 0.5) is 11.4 Å². The molecule has 1 aromatic heterocycles. The van der Waals surface area contributed by atoms with Gasteiger partial charge in [0, 0.05) is 33.8 Å². The Labute approximate surface area is 205 Å². The fourth-order valence-corrected chi connectivity index (χ4v) is 5.99. The average Bonchev–Trinajstić information content (AvgIpc) is 3.39. The van der Waals surface area contributed by atoms with E-state index < -0.39 is 0 Å². The van der Waals surface area contributed by atoms with Crippen LogP contribution in [0.3, 0.4) is 0 Å². The van der Waals surface area contributed by atoms with Crippen LogP contribution in [0.2, 0.25) is 0 Å². The third-order valence-electron chi connectivity index (χ3n) is 7.63. The van der Waals surface area contributed by atoms with E-state index in [1.54, 1.807) is 0 Å². The Bertz CT molecular complexity index is 1740. The van der Waals surface area contributed by atoms with Gasteiger partial charge in [0.25, 0.3) is 0 Å². The number of aromatic nitrogens is 1. The zero-order chi connectivity index (χ0) is 23.5. The minimum absolute atomic E-state index is 0.411. The van der Waals surface area contributed by atoms with Gasteiger partial charge in [0.15, 0.2) is 0 Å². The summed E-state index contributed by atoms with van der Waals surface area (Å²) in [6.45, 7) is 4.58. The normalized spacial score (nSPS) is 14.3. The third-order valence-corrected chi connectivity index (χ3v) is 7.63. The largest absolute Gasteiger partial charge is 0.355 e. The van der Waals surface area contributed by atoms with E-state index in [1.165, 1.54) is 61.0 Å². The van der Waals surface area contributed by atoms with Crippen molar-refractivity contribution in [2.75, 3.05) is 5.32 Å². The SMILES string of the molecule is Cc1c(Nc2ccc3c(c2)c2ccccc2n3-c2ccccc2)ccc2c1C(C)c1ccccc1-2. The maximum atomic E-state index is 3.75. The maximum absolute atomic E-state index is 3.75. The van der Waals surface area contributed by atoms with Crippen molar-refractivity contribution in [1.82, 2.24) is 4.57 Å². The van der Waals surface area contributed by atoms with Crippen molar-refractivity contribution in [2.24, 2.45) is 0 Å². The topological polar surface area (TPSA) is 17.0 Å². The van der Waals surface area contributed by atoms with Crippen LogP contribution in [0.15, 0.2) is 109 Å². The number of rotatable bonds is 3. The molecule has 0 aliphatic heterocycles. The van der Waals surface area contributed by atoms with E-state index in [-0.39, 0.29) is 0 Å². The standard InChI is InChI=1S/C33H26N2/c1-21-25-12-6-7-13-26(25)28-17-18-30(22(2)33(21)28)34-23-16-19-32-29(20-23)27-14-8-9-15-31(27)35(32)24-10-4-3-5-11-24/h3-21,34H,1-2H3. The number of benzene rings is 5. The second-order valence-electron chi connectivity index (χ2n) is 9.55. The Hall–Kier alpha value is -4.30. The molecule has 2 heteroatoms. The fraction of sp³-hybridized carbons (Fsp3) is 0.0909. The molecule has 0 saturated carbocycles. The molecule has 0 spiro atoms. The predicted octanol–water partition coefficient (Wildman–Crippen LogP) is 8.97. The molecule has 0 fully saturated rings. The lowest BCUT2D eigenvalue weighted by atomic mass is 9.94. The summed E-state index contributed by atoms with van der Waals surface area (Å²) in [6, 6.07) is 39.3.